The number of aromatic nitrogens is 2. The van der Waals surface area contributed by atoms with Gasteiger partial charge in [0.1, 0.15) is 0 Å². The molecule has 2 aromatic rings. The first-order valence-corrected chi connectivity index (χ1v) is 8.10. The summed E-state index contributed by atoms with van der Waals surface area (Å²) in [6.45, 7) is 3.57. The minimum absolute atomic E-state index is 0.112. The number of aryl methyl sites for hydroxylation is 1. The number of amides is 1. The van der Waals surface area contributed by atoms with Gasteiger partial charge in [-0.05, 0) is 38.8 Å². The van der Waals surface area contributed by atoms with Crippen LogP contribution in [0.1, 0.15) is 29.8 Å². The first kappa shape index (κ1) is 16.2. The molecule has 24 heavy (non-hydrogen) atoms. The number of benzene rings is 1. The van der Waals surface area contributed by atoms with Crippen molar-refractivity contribution in [3.63, 3.8) is 0 Å². The summed E-state index contributed by atoms with van der Waals surface area (Å²) < 4.78 is 6.89. The normalized spacial score (nSPS) is 13.6. The van der Waals surface area contributed by atoms with Gasteiger partial charge >= 0.3 is 5.97 Å². The van der Waals surface area contributed by atoms with Crippen LogP contribution in [0.2, 0.25) is 0 Å². The van der Waals surface area contributed by atoms with E-state index in [1.54, 1.807) is 0 Å². The lowest BCUT2D eigenvalue weighted by atomic mass is 10.1. The maximum absolute atomic E-state index is 12.0. The summed E-state index contributed by atoms with van der Waals surface area (Å²) in [6.07, 6.45) is 2.13. The van der Waals surface area contributed by atoms with Gasteiger partial charge in [-0.25, -0.2) is 4.68 Å². The zero-order valence-corrected chi connectivity index (χ0v) is 13.9. The Hall–Kier alpha value is -2.63. The minimum atomic E-state index is -0.417. The van der Waals surface area contributed by atoms with Crippen LogP contribution in [0.15, 0.2) is 30.3 Å². The van der Waals surface area contributed by atoms with Gasteiger partial charge in [0.05, 0.1) is 17.8 Å². The highest BCUT2D eigenvalue weighted by atomic mass is 16.5. The summed E-state index contributed by atoms with van der Waals surface area (Å²) in [5.74, 6) is -0.654. The summed E-state index contributed by atoms with van der Waals surface area (Å²) in [7, 11) is 0. The lowest BCUT2D eigenvalue weighted by Crippen LogP contribution is -2.30. The molecule has 1 aliphatic rings. The van der Waals surface area contributed by atoms with Gasteiger partial charge in [-0.15, -0.1) is 0 Å². The monoisotopic (exact) mass is 327 g/mol. The Bertz CT molecular complexity index is 748. The fourth-order valence-electron chi connectivity index (χ4n) is 2.59. The Labute approximate surface area is 140 Å². The molecule has 1 amide bonds. The van der Waals surface area contributed by atoms with Crippen molar-refractivity contribution in [2.75, 3.05) is 6.61 Å². The Morgan fingerprint density at radius 2 is 1.96 bits per heavy atom. The third kappa shape index (κ3) is 3.82. The third-order valence-corrected chi connectivity index (χ3v) is 4.07. The Balaban J connectivity index is 1.63. The summed E-state index contributed by atoms with van der Waals surface area (Å²) in [4.78, 5) is 23.6. The molecule has 0 bridgehead atoms. The maximum atomic E-state index is 12.0. The van der Waals surface area contributed by atoms with E-state index in [1.807, 2.05) is 48.9 Å². The van der Waals surface area contributed by atoms with Crippen LogP contribution in [-0.2, 0) is 20.7 Å². The number of para-hydroxylation sites is 1. The summed E-state index contributed by atoms with van der Waals surface area (Å²) in [5, 5.41) is 7.29. The average Bonchev–Trinajstić information content (AvgIpc) is 3.35. The van der Waals surface area contributed by atoms with Gasteiger partial charge in [0.2, 0.25) is 0 Å². The molecular formula is C18H21N3O3. The SMILES string of the molecule is Cc1nn(-c2ccccc2)c(C)c1CC(=O)OCC(=O)NC1CC1. The van der Waals surface area contributed by atoms with Gasteiger partial charge in [-0.3, -0.25) is 9.59 Å². The van der Waals surface area contributed by atoms with Crippen molar-refractivity contribution in [1.82, 2.24) is 15.1 Å². The number of ether oxygens (including phenoxy) is 1. The molecule has 0 aliphatic heterocycles. The van der Waals surface area contributed by atoms with Crippen LogP contribution in [0.4, 0.5) is 0 Å². The maximum Gasteiger partial charge on any atom is 0.310 e. The molecule has 3 rings (SSSR count). The van der Waals surface area contributed by atoms with Crippen LogP contribution >= 0.6 is 0 Å². The topological polar surface area (TPSA) is 73.2 Å². The van der Waals surface area contributed by atoms with Crippen molar-refractivity contribution in [2.24, 2.45) is 0 Å². The van der Waals surface area contributed by atoms with Crippen molar-refractivity contribution >= 4 is 11.9 Å². The zero-order chi connectivity index (χ0) is 17.1. The number of hydrogen-bond donors (Lipinski definition) is 1. The first-order chi connectivity index (χ1) is 11.5. The molecular weight excluding hydrogens is 306 g/mol. The van der Waals surface area contributed by atoms with Crippen molar-refractivity contribution < 1.29 is 14.3 Å². The molecule has 126 valence electrons. The highest BCUT2D eigenvalue weighted by molar-refractivity contribution is 5.81. The Morgan fingerprint density at radius 3 is 2.62 bits per heavy atom. The average molecular weight is 327 g/mol. The van der Waals surface area contributed by atoms with Gasteiger partial charge in [0.15, 0.2) is 6.61 Å². The lowest BCUT2D eigenvalue weighted by Gasteiger charge is -2.07. The molecule has 1 N–H and O–H groups in total. The molecule has 0 atom stereocenters. The van der Waals surface area contributed by atoms with Crippen molar-refractivity contribution in [1.29, 1.82) is 0 Å². The molecule has 6 nitrogen and oxygen atoms in total. The molecule has 6 heteroatoms. The van der Waals surface area contributed by atoms with E-state index in [1.165, 1.54) is 0 Å². The second-order valence-corrected chi connectivity index (χ2v) is 6.08. The molecule has 0 unspecified atom stereocenters. The number of carbonyl (C=O) groups is 2. The van der Waals surface area contributed by atoms with E-state index in [-0.39, 0.29) is 25.0 Å². The van der Waals surface area contributed by atoms with Crippen LogP contribution < -0.4 is 5.32 Å². The number of esters is 1. The Kier molecular flexibility index (Phi) is 4.64. The summed E-state index contributed by atoms with van der Waals surface area (Å²) in [6, 6.07) is 10.0. The van der Waals surface area contributed by atoms with Gasteiger partial charge < -0.3 is 10.1 Å². The lowest BCUT2D eigenvalue weighted by molar-refractivity contribution is -0.147. The molecule has 1 aromatic heterocycles. The molecule has 0 spiro atoms. The van der Waals surface area contributed by atoms with E-state index in [0.29, 0.717) is 0 Å². The van der Waals surface area contributed by atoms with E-state index < -0.39 is 5.97 Å². The van der Waals surface area contributed by atoms with E-state index in [4.69, 9.17) is 4.74 Å². The summed E-state index contributed by atoms with van der Waals surface area (Å²) in [5.41, 5.74) is 3.47. The van der Waals surface area contributed by atoms with Crippen LogP contribution in [0.3, 0.4) is 0 Å². The zero-order valence-electron chi connectivity index (χ0n) is 13.9. The number of hydrogen-bond acceptors (Lipinski definition) is 4. The fourth-order valence-corrected chi connectivity index (χ4v) is 2.59. The minimum Gasteiger partial charge on any atom is -0.455 e. The van der Waals surface area contributed by atoms with E-state index in [0.717, 1.165) is 35.5 Å². The van der Waals surface area contributed by atoms with Gasteiger partial charge in [-0.2, -0.15) is 5.10 Å². The van der Waals surface area contributed by atoms with Crippen LogP contribution in [0.5, 0.6) is 0 Å². The van der Waals surface area contributed by atoms with E-state index >= 15 is 0 Å². The molecule has 0 saturated heterocycles. The van der Waals surface area contributed by atoms with E-state index in [2.05, 4.69) is 10.4 Å². The quantitative estimate of drug-likeness (QED) is 0.822. The van der Waals surface area contributed by atoms with Crippen LogP contribution in [-0.4, -0.2) is 34.3 Å². The second kappa shape index (κ2) is 6.86. The van der Waals surface area contributed by atoms with Crippen LogP contribution in [0.25, 0.3) is 5.69 Å². The van der Waals surface area contributed by atoms with Crippen molar-refractivity contribution in [2.45, 2.75) is 39.2 Å². The Morgan fingerprint density at radius 1 is 1.25 bits per heavy atom. The molecule has 1 heterocycles. The molecule has 1 fully saturated rings. The molecule has 1 aliphatic carbocycles. The predicted molar refractivity (Wildman–Crippen MR) is 88.9 cm³/mol. The molecule has 0 radical (unpaired) electrons. The van der Waals surface area contributed by atoms with Crippen molar-refractivity contribution in [3.05, 3.63) is 47.3 Å². The second-order valence-electron chi connectivity index (χ2n) is 6.08. The summed E-state index contributed by atoms with van der Waals surface area (Å²) >= 11 is 0. The number of nitrogens with one attached hydrogen (secondary N) is 1. The smallest absolute Gasteiger partial charge is 0.310 e. The largest absolute Gasteiger partial charge is 0.455 e. The van der Waals surface area contributed by atoms with Crippen LogP contribution in [0, 0.1) is 13.8 Å². The molecule has 1 saturated carbocycles. The number of carbonyl (C=O) groups excluding carboxylic acids is 2. The third-order valence-electron chi connectivity index (χ3n) is 4.07. The highest BCUT2D eigenvalue weighted by Gasteiger charge is 2.24. The van der Waals surface area contributed by atoms with E-state index in [9.17, 15) is 9.59 Å². The van der Waals surface area contributed by atoms with Crippen molar-refractivity contribution in [3.8, 4) is 5.69 Å². The fraction of sp³-hybridized carbons (Fsp3) is 0.389. The van der Waals surface area contributed by atoms with Gasteiger partial charge in [0.25, 0.3) is 5.91 Å². The van der Waals surface area contributed by atoms with Gasteiger partial charge in [0, 0.05) is 17.3 Å². The number of nitrogens with zero attached hydrogens (tertiary/aromatic N) is 2. The molecule has 1 aromatic carbocycles. The van der Waals surface area contributed by atoms with Gasteiger partial charge in [-0.1, -0.05) is 18.2 Å². The number of rotatable bonds is 6. The highest BCUT2D eigenvalue weighted by Crippen LogP contribution is 2.19. The predicted octanol–water partition coefficient (Wildman–Crippen LogP) is 1.85. The first-order valence-electron chi connectivity index (χ1n) is 8.10. The standard InChI is InChI=1S/C18H21N3O3/c1-12-16(10-18(23)24-11-17(22)19-14-8-9-14)13(2)21(20-12)15-6-4-3-5-7-15/h3-7,14H,8-11H2,1-2H3,(H,19,22).